The lowest BCUT2D eigenvalue weighted by molar-refractivity contribution is -0.0390. The van der Waals surface area contributed by atoms with Gasteiger partial charge < -0.3 is 9.47 Å². The predicted octanol–water partition coefficient (Wildman–Crippen LogP) is 6.05. The van der Waals surface area contributed by atoms with Crippen LogP contribution < -0.4 is 4.74 Å². The molecule has 0 spiro atoms. The van der Waals surface area contributed by atoms with E-state index in [-0.39, 0.29) is 32.6 Å². The molecule has 0 bridgehead atoms. The molecule has 1 saturated heterocycles. The van der Waals surface area contributed by atoms with E-state index in [2.05, 4.69) is 5.10 Å². The topological polar surface area (TPSA) is 53.3 Å². The number of carbonyl (C=O) groups excluding carboxylic acids is 1. The molecule has 146 valence electrons. The van der Waals surface area contributed by atoms with Crippen LogP contribution in [0.4, 0.5) is 4.39 Å². The lowest BCUT2D eigenvalue weighted by Gasteiger charge is -2.22. The Hall–Kier alpha value is -1.86. The van der Waals surface area contributed by atoms with Crippen molar-refractivity contribution in [3.8, 4) is 5.75 Å². The summed E-state index contributed by atoms with van der Waals surface area (Å²) in [6.07, 6.45) is 4.15. The lowest BCUT2D eigenvalue weighted by Crippen LogP contribution is -2.18. The van der Waals surface area contributed by atoms with Crippen LogP contribution in [0, 0.1) is 5.82 Å². The van der Waals surface area contributed by atoms with E-state index in [0.717, 1.165) is 19.3 Å². The molecule has 4 rings (SSSR count). The van der Waals surface area contributed by atoms with Crippen LogP contribution in [0.25, 0.3) is 10.9 Å². The minimum absolute atomic E-state index is 0.0460. The Balaban J connectivity index is 1.72. The molecule has 1 aliphatic heterocycles. The maximum atomic E-state index is 14.5. The molecular weight excluding hydrogens is 430 g/mol. The molecule has 1 aromatic heterocycles. The Morgan fingerprint density at radius 3 is 2.64 bits per heavy atom. The number of ether oxygens (including phenoxy) is 2. The van der Waals surface area contributed by atoms with Gasteiger partial charge in [-0.25, -0.2) is 13.9 Å². The van der Waals surface area contributed by atoms with Crippen molar-refractivity contribution in [1.82, 2.24) is 9.78 Å². The average molecular weight is 444 g/mol. The van der Waals surface area contributed by atoms with Gasteiger partial charge in [-0.3, -0.25) is 0 Å². The van der Waals surface area contributed by atoms with E-state index in [9.17, 15) is 9.18 Å². The van der Waals surface area contributed by atoms with Crippen LogP contribution in [0.5, 0.6) is 5.75 Å². The molecule has 0 N–H and O–H groups in total. The number of hydrogen-bond donors (Lipinski definition) is 0. The van der Waals surface area contributed by atoms with E-state index in [4.69, 9.17) is 44.3 Å². The second-order valence-corrected chi connectivity index (χ2v) is 7.62. The largest absolute Gasteiger partial charge is 0.420 e. The third kappa shape index (κ3) is 3.70. The summed E-state index contributed by atoms with van der Waals surface area (Å²) in [5.74, 6) is -1.75. The van der Waals surface area contributed by atoms with Crippen molar-refractivity contribution in [2.45, 2.75) is 25.5 Å². The monoisotopic (exact) mass is 442 g/mol. The van der Waals surface area contributed by atoms with Crippen molar-refractivity contribution in [2.24, 2.45) is 0 Å². The first-order chi connectivity index (χ1) is 13.4. The zero-order chi connectivity index (χ0) is 19.8. The van der Waals surface area contributed by atoms with Gasteiger partial charge in [0.25, 0.3) is 0 Å². The molecular formula is C19H14Cl3FN2O3. The van der Waals surface area contributed by atoms with Crippen LogP contribution in [-0.2, 0) is 4.74 Å². The quantitative estimate of drug-likeness (QED) is 0.365. The van der Waals surface area contributed by atoms with Gasteiger partial charge >= 0.3 is 5.97 Å². The number of carbonyl (C=O) groups is 1. The van der Waals surface area contributed by atoms with E-state index < -0.39 is 11.8 Å². The van der Waals surface area contributed by atoms with Crippen LogP contribution in [0.2, 0.25) is 15.1 Å². The Bertz CT molecular complexity index is 1040. The van der Waals surface area contributed by atoms with Crippen molar-refractivity contribution in [3.05, 3.63) is 56.9 Å². The van der Waals surface area contributed by atoms with Crippen LogP contribution in [0.3, 0.4) is 0 Å². The van der Waals surface area contributed by atoms with E-state index in [1.165, 1.54) is 24.3 Å². The molecule has 1 aliphatic rings. The summed E-state index contributed by atoms with van der Waals surface area (Å²) in [5, 5.41) is 5.12. The first-order valence-electron chi connectivity index (χ1n) is 8.59. The van der Waals surface area contributed by atoms with Crippen molar-refractivity contribution >= 4 is 51.7 Å². The second kappa shape index (κ2) is 7.87. The maximum absolute atomic E-state index is 14.5. The van der Waals surface area contributed by atoms with Gasteiger partial charge in [-0.1, -0.05) is 34.8 Å². The normalized spacial score (nSPS) is 17.1. The highest BCUT2D eigenvalue weighted by Crippen LogP contribution is 2.37. The van der Waals surface area contributed by atoms with Crippen molar-refractivity contribution < 1.29 is 18.7 Å². The number of esters is 1. The molecule has 0 saturated carbocycles. The fraction of sp³-hybridized carbons (Fsp3) is 0.263. The van der Waals surface area contributed by atoms with Gasteiger partial charge in [0, 0.05) is 23.2 Å². The molecule has 2 aromatic carbocycles. The van der Waals surface area contributed by atoms with Gasteiger partial charge in [-0.05, 0) is 43.5 Å². The summed E-state index contributed by atoms with van der Waals surface area (Å²) in [6, 6.07) is 5.44. The number of hydrogen-bond acceptors (Lipinski definition) is 4. The first-order valence-corrected chi connectivity index (χ1v) is 9.73. The summed E-state index contributed by atoms with van der Waals surface area (Å²) in [5.41, 5.74) is 0.206. The first kappa shape index (κ1) is 19.5. The number of rotatable bonds is 3. The average Bonchev–Trinajstić information content (AvgIpc) is 3.09. The highest BCUT2D eigenvalue weighted by atomic mass is 35.5. The third-order valence-corrected chi connectivity index (χ3v) is 5.25. The number of fused-ring (bicyclic) bond motifs is 1. The van der Waals surface area contributed by atoms with Gasteiger partial charge in [0.2, 0.25) is 0 Å². The van der Waals surface area contributed by atoms with Gasteiger partial charge in [0.15, 0.2) is 5.75 Å². The zero-order valence-electron chi connectivity index (χ0n) is 14.4. The molecule has 2 heterocycles. The smallest absolute Gasteiger partial charge is 0.347 e. The highest BCUT2D eigenvalue weighted by molar-refractivity contribution is 6.40. The number of benzene rings is 2. The summed E-state index contributed by atoms with van der Waals surface area (Å²) >= 11 is 18.0. The molecule has 3 aromatic rings. The standard InChI is InChI=1S/C19H14Cl3FN2O3/c20-10-7-12(21)18(13(22)8-10)28-19(26)17-11-9-25(16-3-1-2-6-27-16)24-15(11)5-4-14(17)23/h4-5,7-9,16H,1-3,6H2. The van der Waals surface area contributed by atoms with E-state index in [0.29, 0.717) is 17.5 Å². The molecule has 28 heavy (non-hydrogen) atoms. The lowest BCUT2D eigenvalue weighted by atomic mass is 10.1. The fourth-order valence-electron chi connectivity index (χ4n) is 3.14. The molecule has 9 heteroatoms. The van der Waals surface area contributed by atoms with Crippen molar-refractivity contribution in [1.29, 1.82) is 0 Å². The van der Waals surface area contributed by atoms with Crippen molar-refractivity contribution in [3.63, 3.8) is 0 Å². The molecule has 5 nitrogen and oxygen atoms in total. The fourth-order valence-corrected chi connectivity index (χ4v) is 4.04. The van der Waals surface area contributed by atoms with E-state index >= 15 is 0 Å². The minimum atomic E-state index is -0.932. The predicted molar refractivity (Wildman–Crippen MR) is 105 cm³/mol. The summed E-state index contributed by atoms with van der Waals surface area (Å²) < 4.78 is 27.1. The van der Waals surface area contributed by atoms with E-state index in [1.807, 2.05) is 0 Å². The number of halogens is 4. The van der Waals surface area contributed by atoms with Crippen molar-refractivity contribution in [2.75, 3.05) is 6.61 Å². The second-order valence-electron chi connectivity index (χ2n) is 6.37. The molecule has 0 radical (unpaired) electrons. The van der Waals surface area contributed by atoms with Crippen LogP contribution in [-0.4, -0.2) is 22.4 Å². The van der Waals surface area contributed by atoms with Crippen LogP contribution in [0.15, 0.2) is 30.5 Å². The molecule has 0 aliphatic carbocycles. The Morgan fingerprint density at radius 1 is 1.21 bits per heavy atom. The summed E-state index contributed by atoms with van der Waals surface area (Å²) in [7, 11) is 0. The summed E-state index contributed by atoms with van der Waals surface area (Å²) in [4.78, 5) is 12.7. The van der Waals surface area contributed by atoms with Crippen LogP contribution >= 0.6 is 34.8 Å². The molecule has 0 amide bonds. The Morgan fingerprint density at radius 2 is 1.96 bits per heavy atom. The molecule has 1 atom stereocenters. The number of aromatic nitrogens is 2. The molecule has 1 fully saturated rings. The minimum Gasteiger partial charge on any atom is -0.420 e. The Labute approximate surface area is 174 Å². The maximum Gasteiger partial charge on any atom is 0.347 e. The molecule has 1 unspecified atom stereocenters. The SMILES string of the molecule is O=C(Oc1c(Cl)cc(Cl)cc1Cl)c1c(F)ccc2nn(C3CCCCO3)cc12. The van der Waals surface area contributed by atoms with Gasteiger partial charge in [0.1, 0.15) is 17.6 Å². The Kier molecular flexibility index (Phi) is 5.47. The highest BCUT2D eigenvalue weighted by Gasteiger charge is 2.24. The van der Waals surface area contributed by atoms with Gasteiger partial charge in [-0.2, -0.15) is 5.10 Å². The van der Waals surface area contributed by atoms with Gasteiger partial charge in [-0.15, -0.1) is 0 Å². The number of nitrogens with zero attached hydrogens (tertiary/aromatic N) is 2. The van der Waals surface area contributed by atoms with E-state index in [1.54, 1.807) is 10.9 Å². The summed E-state index contributed by atoms with van der Waals surface area (Å²) in [6.45, 7) is 0.637. The van der Waals surface area contributed by atoms with Crippen LogP contribution in [0.1, 0.15) is 35.8 Å². The van der Waals surface area contributed by atoms with Gasteiger partial charge in [0.05, 0.1) is 15.6 Å². The zero-order valence-corrected chi connectivity index (χ0v) is 16.7. The third-order valence-electron chi connectivity index (χ3n) is 4.47.